The third-order valence-electron chi connectivity index (χ3n) is 3.30. The van der Waals surface area contributed by atoms with Gasteiger partial charge in [-0.25, -0.2) is 4.98 Å². The van der Waals surface area contributed by atoms with Crippen molar-refractivity contribution in [3.8, 4) is 0 Å². The molecular formula is C14H16N4O. The summed E-state index contributed by atoms with van der Waals surface area (Å²) in [5, 5.41) is 2.85. The highest BCUT2D eigenvalue weighted by Gasteiger charge is 2.16. The fourth-order valence-electron chi connectivity index (χ4n) is 2.29. The molecule has 3 rings (SSSR count). The Balaban J connectivity index is 1.65. The average Bonchev–Trinajstić information content (AvgIpc) is 2.90. The number of nitrogens with zero attached hydrogens (tertiary/aromatic N) is 3. The normalized spacial score (nSPS) is 13.9. The Morgan fingerprint density at radius 2 is 2.32 bits per heavy atom. The number of aryl methyl sites for hydroxylation is 2. The average molecular weight is 256 g/mol. The van der Waals surface area contributed by atoms with Crippen LogP contribution in [0.15, 0.2) is 30.6 Å². The van der Waals surface area contributed by atoms with E-state index in [0.717, 1.165) is 30.9 Å². The lowest BCUT2D eigenvalue weighted by atomic mass is 10.2. The van der Waals surface area contributed by atoms with Crippen molar-refractivity contribution in [3.63, 3.8) is 0 Å². The van der Waals surface area contributed by atoms with Gasteiger partial charge in [-0.1, -0.05) is 6.07 Å². The van der Waals surface area contributed by atoms with Crippen LogP contribution < -0.4 is 5.32 Å². The van der Waals surface area contributed by atoms with Crippen molar-refractivity contribution in [2.75, 3.05) is 0 Å². The largest absolute Gasteiger partial charge is 0.345 e. The Morgan fingerprint density at radius 1 is 1.37 bits per heavy atom. The highest BCUT2D eigenvalue weighted by atomic mass is 16.1. The van der Waals surface area contributed by atoms with E-state index in [0.29, 0.717) is 12.2 Å². The van der Waals surface area contributed by atoms with Crippen LogP contribution in [0.5, 0.6) is 0 Å². The lowest BCUT2D eigenvalue weighted by Gasteiger charge is -2.11. The highest BCUT2D eigenvalue weighted by molar-refractivity contribution is 5.92. The number of aromatic nitrogens is 3. The number of hydrogen-bond acceptors (Lipinski definition) is 3. The summed E-state index contributed by atoms with van der Waals surface area (Å²) in [4.78, 5) is 20.6. The Hall–Kier alpha value is -2.17. The molecule has 0 radical (unpaired) electrons. The fraction of sp³-hybridized carbons (Fsp3) is 0.357. The summed E-state index contributed by atoms with van der Waals surface area (Å²) in [6.07, 6.45) is 6.86. The Morgan fingerprint density at radius 3 is 3.11 bits per heavy atom. The molecule has 3 heterocycles. The molecule has 2 aromatic rings. The summed E-state index contributed by atoms with van der Waals surface area (Å²) < 4.78 is 2.08. The lowest BCUT2D eigenvalue weighted by Crippen LogP contribution is -2.23. The van der Waals surface area contributed by atoms with Gasteiger partial charge in [-0.05, 0) is 25.0 Å². The molecule has 1 aliphatic rings. The number of rotatable bonds is 3. The van der Waals surface area contributed by atoms with E-state index in [-0.39, 0.29) is 5.91 Å². The minimum atomic E-state index is -0.132. The number of carbonyl (C=O) groups excluding carboxylic acids is 1. The molecule has 0 saturated carbocycles. The van der Waals surface area contributed by atoms with E-state index >= 15 is 0 Å². The van der Waals surface area contributed by atoms with Gasteiger partial charge < -0.3 is 9.88 Å². The smallest absolute Gasteiger partial charge is 0.271 e. The molecule has 0 aromatic carbocycles. The minimum Gasteiger partial charge on any atom is -0.345 e. The van der Waals surface area contributed by atoms with Crippen LogP contribution in [0.2, 0.25) is 0 Å². The first-order chi connectivity index (χ1) is 9.33. The van der Waals surface area contributed by atoms with Crippen LogP contribution in [0.4, 0.5) is 0 Å². The summed E-state index contributed by atoms with van der Waals surface area (Å²) in [5.74, 6) is 0.891. The molecule has 1 N–H and O–H groups in total. The Bertz CT molecular complexity index is 553. The second-order valence-electron chi connectivity index (χ2n) is 4.70. The van der Waals surface area contributed by atoms with Crippen LogP contribution >= 0.6 is 0 Å². The van der Waals surface area contributed by atoms with Gasteiger partial charge in [0.2, 0.25) is 0 Å². The van der Waals surface area contributed by atoms with Crippen molar-refractivity contribution in [1.29, 1.82) is 0 Å². The van der Waals surface area contributed by atoms with Crippen molar-refractivity contribution < 1.29 is 4.79 Å². The molecular weight excluding hydrogens is 240 g/mol. The monoisotopic (exact) mass is 256 g/mol. The molecule has 2 aromatic heterocycles. The number of pyridine rings is 1. The van der Waals surface area contributed by atoms with Crippen LogP contribution in [0.1, 0.15) is 34.8 Å². The summed E-state index contributed by atoms with van der Waals surface area (Å²) in [6, 6.07) is 5.65. The van der Waals surface area contributed by atoms with E-state index in [9.17, 15) is 4.79 Å². The molecule has 0 bridgehead atoms. The third-order valence-corrected chi connectivity index (χ3v) is 3.30. The predicted molar refractivity (Wildman–Crippen MR) is 70.6 cm³/mol. The summed E-state index contributed by atoms with van der Waals surface area (Å²) in [7, 11) is 0. The van der Waals surface area contributed by atoms with Gasteiger partial charge in [-0.3, -0.25) is 9.78 Å². The molecule has 0 aliphatic carbocycles. The number of fused-ring (bicyclic) bond motifs is 1. The van der Waals surface area contributed by atoms with Crippen LogP contribution in [0.3, 0.4) is 0 Å². The topological polar surface area (TPSA) is 59.8 Å². The first-order valence-electron chi connectivity index (χ1n) is 6.57. The van der Waals surface area contributed by atoms with E-state index in [4.69, 9.17) is 0 Å². The van der Waals surface area contributed by atoms with Gasteiger partial charge in [0.15, 0.2) is 0 Å². The number of carbonyl (C=O) groups is 1. The highest BCUT2D eigenvalue weighted by Crippen LogP contribution is 2.14. The maximum absolute atomic E-state index is 12.0. The van der Waals surface area contributed by atoms with Crippen LogP contribution in [-0.4, -0.2) is 20.4 Å². The number of nitrogens with one attached hydrogen (secondary N) is 1. The maximum Gasteiger partial charge on any atom is 0.271 e. The molecule has 5 heteroatoms. The van der Waals surface area contributed by atoms with E-state index in [1.807, 2.05) is 24.4 Å². The van der Waals surface area contributed by atoms with Crippen molar-refractivity contribution in [1.82, 2.24) is 19.9 Å². The minimum absolute atomic E-state index is 0.132. The zero-order valence-electron chi connectivity index (χ0n) is 10.7. The second kappa shape index (κ2) is 5.22. The van der Waals surface area contributed by atoms with E-state index < -0.39 is 0 Å². The molecule has 1 amide bonds. The molecule has 5 nitrogen and oxygen atoms in total. The van der Waals surface area contributed by atoms with Crippen LogP contribution in [-0.2, 0) is 19.5 Å². The Kier molecular flexibility index (Phi) is 3.27. The zero-order valence-corrected chi connectivity index (χ0v) is 10.7. The number of hydrogen-bond donors (Lipinski definition) is 1. The standard InChI is InChI=1S/C14H16N4O/c19-14(16-9-11-5-1-3-7-15-11)12-10-18-8-4-2-6-13(18)17-12/h1,3,5,7,10H,2,4,6,8-9H2,(H,16,19). The molecule has 98 valence electrons. The van der Waals surface area contributed by atoms with Gasteiger partial charge in [-0.2, -0.15) is 0 Å². The molecule has 0 spiro atoms. The predicted octanol–water partition coefficient (Wildman–Crippen LogP) is 1.54. The summed E-state index contributed by atoms with van der Waals surface area (Å²) in [6.45, 7) is 1.40. The zero-order chi connectivity index (χ0) is 13.1. The molecule has 0 unspecified atom stereocenters. The van der Waals surface area contributed by atoms with E-state index in [2.05, 4.69) is 19.9 Å². The SMILES string of the molecule is O=C(NCc1ccccn1)c1cn2c(n1)CCCC2. The second-order valence-corrected chi connectivity index (χ2v) is 4.70. The fourth-order valence-corrected chi connectivity index (χ4v) is 2.29. The molecule has 0 fully saturated rings. The summed E-state index contributed by atoms with van der Waals surface area (Å²) >= 11 is 0. The molecule has 0 saturated heterocycles. The summed E-state index contributed by atoms with van der Waals surface area (Å²) in [5.41, 5.74) is 1.35. The number of imidazole rings is 1. The van der Waals surface area contributed by atoms with Gasteiger partial charge >= 0.3 is 0 Å². The van der Waals surface area contributed by atoms with Gasteiger partial charge in [-0.15, -0.1) is 0 Å². The van der Waals surface area contributed by atoms with E-state index in [1.165, 1.54) is 6.42 Å². The molecule has 1 aliphatic heterocycles. The lowest BCUT2D eigenvalue weighted by molar-refractivity contribution is 0.0945. The Labute approximate surface area is 111 Å². The van der Waals surface area contributed by atoms with E-state index in [1.54, 1.807) is 6.20 Å². The van der Waals surface area contributed by atoms with Gasteiger partial charge in [0.05, 0.1) is 12.2 Å². The molecule has 0 atom stereocenters. The van der Waals surface area contributed by atoms with Crippen molar-refractivity contribution in [2.24, 2.45) is 0 Å². The van der Waals surface area contributed by atoms with Crippen LogP contribution in [0.25, 0.3) is 0 Å². The van der Waals surface area contributed by atoms with Crippen LogP contribution in [0, 0.1) is 0 Å². The first kappa shape index (κ1) is 11.9. The van der Waals surface area contributed by atoms with Crippen molar-refractivity contribution in [2.45, 2.75) is 32.4 Å². The van der Waals surface area contributed by atoms with Gasteiger partial charge in [0.1, 0.15) is 11.5 Å². The van der Waals surface area contributed by atoms with Crippen molar-refractivity contribution >= 4 is 5.91 Å². The maximum atomic E-state index is 12.0. The van der Waals surface area contributed by atoms with Gasteiger partial charge in [0, 0.05) is 25.4 Å². The quantitative estimate of drug-likeness (QED) is 0.906. The van der Waals surface area contributed by atoms with Gasteiger partial charge in [0.25, 0.3) is 5.91 Å². The van der Waals surface area contributed by atoms with Crippen molar-refractivity contribution in [3.05, 3.63) is 47.8 Å². The molecule has 19 heavy (non-hydrogen) atoms. The third kappa shape index (κ3) is 2.65. The number of amides is 1. The first-order valence-corrected chi connectivity index (χ1v) is 6.57.